The number of non-ortho nitro benzene ring substituents is 1. The van der Waals surface area contributed by atoms with Crippen LogP contribution in [0, 0.1) is 28.4 Å². The first-order chi connectivity index (χ1) is 11.4. The zero-order valence-corrected chi connectivity index (χ0v) is 13.3. The molecule has 0 bridgehead atoms. The van der Waals surface area contributed by atoms with Crippen molar-refractivity contribution in [1.29, 1.82) is 5.26 Å². The van der Waals surface area contributed by atoms with Crippen LogP contribution >= 0.6 is 11.3 Å². The van der Waals surface area contributed by atoms with Gasteiger partial charge in [0.05, 0.1) is 16.6 Å². The van der Waals surface area contributed by atoms with Crippen LogP contribution < -0.4 is 0 Å². The Labute approximate surface area is 140 Å². The van der Waals surface area contributed by atoms with E-state index in [2.05, 4.69) is 4.98 Å². The molecule has 0 saturated heterocycles. The second-order valence-corrected chi connectivity index (χ2v) is 5.63. The number of nitro benzene ring substituents is 1. The molecular weight excluding hydrogens is 334 g/mol. The van der Waals surface area contributed by atoms with Crippen LogP contribution in [0.3, 0.4) is 0 Å². The Morgan fingerprint density at radius 3 is 2.83 bits per heavy atom. The molecule has 0 saturated carbocycles. The van der Waals surface area contributed by atoms with Gasteiger partial charge in [-0.3, -0.25) is 14.9 Å². The fraction of sp³-hybridized carbons (Fsp3) is 0.200. The lowest BCUT2D eigenvalue weighted by atomic mass is 10.1. The number of esters is 1. The number of nitro groups is 1. The summed E-state index contributed by atoms with van der Waals surface area (Å²) < 4.78 is 4.85. The Morgan fingerprint density at radius 2 is 2.25 bits per heavy atom. The van der Waals surface area contributed by atoms with E-state index in [-0.39, 0.29) is 11.3 Å². The van der Waals surface area contributed by atoms with Crippen molar-refractivity contribution < 1.29 is 19.2 Å². The number of rotatable bonds is 6. The lowest BCUT2D eigenvalue weighted by molar-refractivity contribution is -0.384. The normalized spacial score (nSPS) is 11.3. The summed E-state index contributed by atoms with van der Waals surface area (Å²) in [4.78, 5) is 38.1. The third-order valence-corrected chi connectivity index (χ3v) is 4.00. The second-order valence-electron chi connectivity index (χ2n) is 4.74. The molecule has 122 valence electrons. The maximum Gasteiger partial charge on any atom is 0.338 e. The number of aryl methyl sites for hydroxylation is 1. The molecule has 0 unspecified atom stereocenters. The van der Waals surface area contributed by atoms with Crippen LogP contribution in [0.25, 0.3) is 0 Å². The predicted octanol–water partition coefficient (Wildman–Crippen LogP) is 2.39. The van der Waals surface area contributed by atoms with E-state index in [1.807, 2.05) is 6.07 Å². The monoisotopic (exact) mass is 345 g/mol. The van der Waals surface area contributed by atoms with Crippen LogP contribution in [0.5, 0.6) is 0 Å². The van der Waals surface area contributed by atoms with E-state index in [1.165, 1.54) is 29.5 Å². The first kappa shape index (κ1) is 17.2. The highest BCUT2D eigenvalue weighted by Gasteiger charge is 2.25. The maximum atomic E-state index is 12.1. The number of aromatic nitrogens is 1. The van der Waals surface area contributed by atoms with E-state index < -0.39 is 29.2 Å². The molecule has 0 fully saturated rings. The molecular formula is C15H11N3O5S. The summed E-state index contributed by atoms with van der Waals surface area (Å²) in [6.45, 7) is 1.12. The molecule has 1 aromatic carbocycles. The van der Waals surface area contributed by atoms with Gasteiger partial charge in [-0.2, -0.15) is 5.26 Å². The lowest BCUT2D eigenvalue weighted by Gasteiger charge is -2.07. The van der Waals surface area contributed by atoms with Gasteiger partial charge in [-0.05, 0) is 13.0 Å². The van der Waals surface area contributed by atoms with E-state index >= 15 is 0 Å². The number of Topliss-reactive ketones (excluding diaryl/α,β-unsaturated/α-hetero) is 1. The highest BCUT2D eigenvalue weighted by atomic mass is 32.1. The van der Waals surface area contributed by atoms with E-state index in [9.17, 15) is 19.7 Å². The smallest absolute Gasteiger partial charge is 0.338 e. The van der Waals surface area contributed by atoms with Crippen molar-refractivity contribution in [1.82, 2.24) is 4.98 Å². The lowest BCUT2D eigenvalue weighted by Crippen LogP contribution is -2.20. The van der Waals surface area contributed by atoms with Crippen LogP contribution in [0.15, 0.2) is 29.6 Å². The summed E-state index contributed by atoms with van der Waals surface area (Å²) in [6, 6.07) is 6.80. The van der Waals surface area contributed by atoms with Gasteiger partial charge in [-0.25, -0.2) is 9.78 Å². The molecule has 0 spiro atoms. The van der Waals surface area contributed by atoms with Crippen molar-refractivity contribution in [2.45, 2.75) is 12.8 Å². The molecule has 0 aliphatic rings. The summed E-state index contributed by atoms with van der Waals surface area (Å²) in [5.74, 6) is -2.59. The van der Waals surface area contributed by atoms with E-state index in [0.29, 0.717) is 10.7 Å². The van der Waals surface area contributed by atoms with Crippen molar-refractivity contribution in [2.75, 3.05) is 6.61 Å². The molecule has 24 heavy (non-hydrogen) atoms. The van der Waals surface area contributed by atoms with Crippen molar-refractivity contribution in [3.8, 4) is 6.07 Å². The third-order valence-electron chi connectivity index (χ3n) is 2.97. The van der Waals surface area contributed by atoms with E-state index in [0.717, 1.165) is 6.07 Å². The molecule has 0 radical (unpaired) electrons. The van der Waals surface area contributed by atoms with Gasteiger partial charge in [0.25, 0.3) is 5.69 Å². The van der Waals surface area contributed by atoms with Crippen molar-refractivity contribution in [3.63, 3.8) is 0 Å². The molecule has 2 rings (SSSR count). The molecule has 9 heteroatoms. The highest BCUT2D eigenvalue weighted by Crippen LogP contribution is 2.21. The Bertz CT molecular complexity index is 840. The summed E-state index contributed by atoms with van der Waals surface area (Å²) in [5, 5.41) is 21.9. The molecule has 1 atom stereocenters. The number of ketones is 1. The van der Waals surface area contributed by atoms with Gasteiger partial charge < -0.3 is 4.74 Å². The first-order valence-corrected chi connectivity index (χ1v) is 7.56. The Kier molecular flexibility index (Phi) is 5.34. The highest BCUT2D eigenvalue weighted by molar-refractivity contribution is 7.09. The number of hydrogen-bond acceptors (Lipinski definition) is 8. The number of ether oxygens (including phenoxy) is 1. The van der Waals surface area contributed by atoms with Crippen molar-refractivity contribution in [3.05, 3.63) is 56.0 Å². The molecule has 1 aromatic heterocycles. The number of nitrogens with zero attached hydrogens (tertiary/aromatic N) is 3. The maximum absolute atomic E-state index is 12.1. The minimum absolute atomic E-state index is 0.0457. The molecule has 0 N–H and O–H groups in total. The second kappa shape index (κ2) is 7.43. The topological polar surface area (TPSA) is 123 Å². The summed E-state index contributed by atoms with van der Waals surface area (Å²) in [5.41, 5.74) is 0.385. The first-order valence-electron chi connectivity index (χ1n) is 6.68. The van der Waals surface area contributed by atoms with Gasteiger partial charge in [0.2, 0.25) is 0 Å². The minimum atomic E-state index is -1.11. The molecule has 0 amide bonds. The predicted molar refractivity (Wildman–Crippen MR) is 83.6 cm³/mol. The van der Waals surface area contributed by atoms with Crippen LogP contribution in [-0.4, -0.2) is 28.3 Å². The van der Waals surface area contributed by atoms with Crippen LogP contribution in [-0.2, 0) is 9.53 Å². The zero-order valence-electron chi connectivity index (χ0n) is 12.5. The molecule has 0 aliphatic heterocycles. The zero-order chi connectivity index (χ0) is 17.7. The number of benzene rings is 1. The van der Waals surface area contributed by atoms with Gasteiger partial charge >= 0.3 is 5.97 Å². The largest absolute Gasteiger partial charge is 0.454 e. The van der Waals surface area contributed by atoms with Gasteiger partial charge in [-0.1, -0.05) is 6.07 Å². The van der Waals surface area contributed by atoms with Gasteiger partial charge in [0.1, 0.15) is 5.01 Å². The minimum Gasteiger partial charge on any atom is -0.454 e. The van der Waals surface area contributed by atoms with E-state index in [4.69, 9.17) is 10.00 Å². The van der Waals surface area contributed by atoms with E-state index in [1.54, 1.807) is 12.3 Å². The molecule has 2 aromatic rings. The number of thiazole rings is 1. The Hall–Kier alpha value is -3.12. The van der Waals surface area contributed by atoms with Gasteiger partial charge in [-0.15, -0.1) is 11.3 Å². The molecule has 0 aliphatic carbocycles. The summed E-state index contributed by atoms with van der Waals surface area (Å²) in [7, 11) is 0. The fourth-order valence-corrected chi connectivity index (χ4v) is 2.68. The van der Waals surface area contributed by atoms with Crippen molar-refractivity contribution >= 4 is 28.8 Å². The average molecular weight is 345 g/mol. The standard InChI is InChI=1S/C15H11N3O5S/c1-9-8-24-14(17-9)12(6-16)13(19)7-23-15(20)10-3-2-4-11(5-10)18(21)22/h2-5,8,12H,7H2,1H3/t12-/m0/s1. The number of carbonyl (C=O) groups excluding carboxylic acids is 2. The van der Waals surface area contributed by atoms with Crippen LogP contribution in [0.2, 0.25) is 0 Å². The number of carbonyl (C=O) groups is 2. The number of hydrogen-bond donors (Lipinski definition) is 0. The Morgan fingerprint density at radius 1 is 1.50 bits per heavy atom. The van der Waals surface area contributed by atoms with Gasteiger partial charge in [0, 0.05) is 23.2 Å². The molecule has 1 heterocycles. The van der Waals surface area contributed by atoms with Crippen molar-refractivity contribution in [2.24, 2.45) is 0 Å². The van der Waals surface area contributed by atoms with Crippen LogP contribution in [0.1, 0.15) is 27.0 Å². The SMILES string of the molecule is Cc1csc([C@@H](C#N)C(=O)COC(=O)c2cccc([N+](=O)[O-])c2)n1. The van der Waals surface area contributed by atoms with Gasteiger partial charge in [0.15, 0.2) is 18.3 Å². The molecule has 8 nitrogen and oxygen atoms in total. The quantitative estimate of drug-likeness (QED) is 0.447. The van der Waals surface area contributed by atoms with Crippen LogP contribution in [0.4, 0.5) is 5.69 Å². The summed E-state index contributed by atoms with van der Waals surface area (Å²) in [6.07, 6.45) is 0. The average Bonchev–Trinajstić information content (AvgIpc) is 2.99. The number of nitriles is 1. The third kappa shape index (κ3) is 3.99. The Balaban J connectivity index is 2.03. The summed E-state index contributed by atoms with van der Waals surface area (Å²) >= 11 is 1.18. The fourth-order valence-electron chi connectivity index (χ4n) is 1.82.